The monoisotopic (exact) mass is 366 g/mol. The molecule has 1 aliphatic rings. The number of phenolic OH excluding ortho intramolecular Hbond substituents is 1. The fraction of sp³-hybridized carbons (Fsp3) is 0.300. The Morgan fingerprint density at radius 3 is 2.62 bits per heavy atom. The van der Waals surface area contributed by atoms with Crippen LogP contribution in [0, 0.1) is 0 Å². The topological polar surface area (TPSA) is 61.3 Å². The fourth-order valence-corrected chi connectivity index (χ4v) is 3.96. The largest absolute Gasteiger partial charge is 0.508 e. The average molecular weight is 366 g/mol. The lowest BCUT2D eigenvalue weighted by molar-refractivity contribution is 0.359. The molecule has 2 aromatic heterocycles. The molecule has 5 nitrogen and oxygen atoms in total. The molecule has 0 amide bonds. The molecule has 0 saturated carbocycles. The van der Waals surface area contributed by atoms with Crippen LogP contribution >= 0.6 is 11.9 Å². The Balaban J connectivity index is 1.62. The van der Waals surface area contributed by atoms with Crippen LogP contribution in [0.3, 0.4) is 0 Å². The van der Waals surface area contributed by atoms with E-state index in [1.807, 2.05) is 36.3 Å². The van der Waals surface area contributed by atoms with Gasteiger partial charge >= 0.3 is 0 Å². The number of benzene rings is 1. The highest BCUT2D eigenvalue weighted by Gasteiger charge is 2.19. The summed E-state index contributed by atoms with van der Waals surface area (Å²) in [6.07, 6.45) is 8.09. The van der Waals surface area contributed by atoms with Gasteiger partial charge in [-0.1, -0.05) is 11.9 Å². The van der Waals surface area contributed by atoms with Crippen molar-refractivity contribution in [2.24, 2.45) is 0 Å². The van der Waals surface area contributed by atoms with Crippen LogP contribution in [0.15, 0.2) is 48.8 Å². The van der Waals surface area contributed by atoms with E-state index < -0.39 is 0 Å². The molecule has 26 heavy (non-hydrogen) atoms. The predicted octanol–water partition coefficient (Wildman–Crippen LogP) is 4.16. The number of fused-ring (bicyclic) bond motifs is 1. The lowest BCUT2D eigenvalue weighted by atomic mass is 10.0. The number of aromatic nitrogens is 2. The normalized spacial score (nSPS) is 16.0. The molecule has 3 aromatic rings. The Labute approximate surface area is 157 Å². The van der Waals surface area contributed by atoms with Crippen molar-refractivity contribution in [1.82, 2.24) is 14.3 Å². The summed E-state index contributed by atoms with van der Waals surface area (Å²) in [4.78, 5) is 9.16. The second kappa shape index (κ2) is 7.51. The van der Waals surface area contributed by atoms with Gasteiger partial charge in [-0.15, -0.1) is 0 Å². The van der Waals surface area contributed by atoms with Gasteiger partial charge in [-0.2, -0.15) is 0 Å². The quantitative estimate of drug-likeness (QED) is 0.676. The van der Waals surface area contributed by atoms with Crippen molar-refractivity contribution in [2.45, 2.75) is 18.9 Å². The summed E-state index contributed by atoms with van der Waals surface area (Å²) in [6.45, 7) is 2.21. The van der Waals surface area contributed by atoms with Gasteiger partial charge in [0.05, 0.1) is 5.69 Å². The lowest BCUT2D eigenvalue weighted by Gasteiger charge is -2.30. The molecule has 0 spiro atoms. The van der Waals surface area contributed by atoms with Crippen molar-refractivity contribution >= 4 is 28.5 Å². The zero-order valence-corrected chi connectivity index (χ0v) is 15.5. The third-order valence-electron chi connectivity index (χ3n) is 4.85. The Hall–Kier alpha value is -2.31. The van der Waals surface area contributed by atoms with Gasteiger partial charge in [-0.25, -0.2) is 4.98 Å². The molecule has 2 N–H and O–H groups in total. The van der Waals surface area contributed by atoms with E-state index in [1.165, 1.54) is 0 Å². The highest BCUT2D eigenvalue weighted by molar-refractivity contribution is 7.96. The molecule has 4 rings (SSSR count). The lowest BCUT2D eigenvalue weighted by Crippen LogP contribution is -2.35. The molecule has 1 aromatic carbocycles. The zero-order chi connectivity index (χ0) is 17.9. The van der Waals surface area contributed by atoms with E-state index in [4.69, 9.17) is 0 Å². The van der Waals surface area contributed by atoms with Gasteiger partial charge in [0.1, 0.15) is 11.6 Å². The first-order chi connectivity index (χ1) is 12.7. The first-order valence-electron chi connectivity index (χ1n) is 8.83. The van der Waals surface area contributed by atoms with Crippen molar-refractivity contribution in [3.05, 3.63) is 48.8 Å². The van der Waals surface area contributed by atoms with Gasteiger partial charge in [0, 0.05) is 47.9 Å². The van der Waals surface area contributed by atoms with Gasteiger partial charge in [-0.3, -0.25) is 9.29 Å². The Morgan fingerprint density at radius 2 is 1.88 bits per heavy atom. The molecule has 6 heteroatoms. The highest BCUT2D eigenvalue weighted by atomic mass is 32.2. The number of piperidine rings is 1. The van der Waals surface area contributed by atoms with E-state index in [-0.39, 0.29) is 5.75 Å². The molecule has 0 unspecified atom stereocenters. The van der Waals surface area contributed by atoms with Crippen molar-refractivity contribution < 1.29 is 5.11 Å². The van der Waals surface area contributed by atoms with Crippen LogP contribution in [0.5, 0.6) is 5.75 Å². The molecule has 134 valence electrons. The van der Waals surface area contributed by atoms with Crippen LogP contribution in [0.1, 0.15) is 12.8 Å². The number of anilines is 1. The standard InChI is InChI=1S/C20H22N4OS/c1-26-24-10-7-16(8-11-24)23-19-12-18-15(13-22-19)6-9-21-20(18)14-2-4-17(25)5-3-14/h2-6,9,12-13,16,25H,7-8,10-11H2,1H3,(H,22,23). The molecule has 0 radical (unpaired) electrons. The smallest absolute Gasteiger partial charge is 0.126 e. The van der Waals surface area contributed by atoms with Crippen molar-refractivity contribution in [2.75, 3.05) is 24.7 Å². The third kappa shape index (κ3) is 3.61. The number of hydrogen-bond acceptors (Lipinski definition) is 6. The fourth-order valence-electron chi connectivity index (χ4n) is 3.39. The van der Waals surface area contributed by atoms with Crippen molar-refractivity contribution in [1.29, 1.82) is 0 Å². The Kier molecular flexibility index (Phi) is 4.95. The van der Waals surface area contributed by atoms with Gasteiger partial charge < -0.3 is 10.4 Å². The van der Waals surface area contributed by atoms with E-state index in [9.17, 15) is 5.11 Å². The third-order valence-corrected chi connectivity index (χ3v) is 5.73. The van der Waals surface area contributed by atoms with Crippen molar-refractivity contribution in [3.8, 4) is 17.0 Å². The van der Waals surface area contributed by atoms with Crippen molar-refractivity contribution in [3.63, 3.8) is 0 Å². The summed E-state index contributed by atoms with van der Waals surface area (Å²) in [5.41, 5.74) is 1.89. The molecule has 1 fully saturated rings. The molecule has 0 atom stereocenters. The number of rotatable bonds is 4. The molecule has 0 aliphatic carbocycles. The molecule has 0 bridgehead atoms. The second-order valence-electron chi connectivity index (χ2n) is 6.53. The first-order valence-corrected chi connectivity index (χ1v) is 10.0. The summed E-state index contributed by atoms with van der Waals surface area (Å²) in [5.74, 6) is 1.16. The summed E-state index contributed by atoms with van der Waals surface area (Å²) >= 11 is 1.82. The van der Waals surface area contributed by atoms with Gasteiger partial charge in [0.15, 0.2) is 0 Å². The van der Waals surface area contributed by atoms with Crippen LogP contribution in [-0.2, 0) is 0 Å². The summed E-state index contributed by atoms with van der Waals surface area (Å²) in [6, 6.07) is 11.7. The number of pyridine rings is 2. The molecular weight excluding hydrogens is 344 g/mol. The van der Waals surface area contributed by atoms with Gasteiger partial charge in [0.2, 0.25) is 0 Å². The maximum atomic E-state index is 9.53. The Morgan fingerprint density at radius 1 is 1.12 bits per heavy atom. The zero-order valence-electron chi connectivity index (χ0n) is 14.7. The maximum absolute atomic E-state index is 9.53. The summed E-state index contributed by atoms with van der Waals surface area (Å²) in [7, 11) is 0. The number of nitrogens with zero attached hydrogens (tertiary/aromatic N) is 3. The van der Waals surface area contributed by atoms with Crippen LogP contribution in [0.4, 0.5) is 5.82 Å². The Bertz CT molecular complexity index is 892. The minimum atomic E-state index is 0.259. The minimum Gasteiger partial charge on any atom is -0.508 e. The number of nitrogens with one attached hydrogen (secondary N) is 1. The van der Waals surface area contributed by atoms with Crippen LogP contribution < -0.4 is 5.32 Å². The number of phenols is 1. The molecular formula is C20H22N4OS. The molecule has 3 heterocycles. The van der Waals surface area contributed by atoms with E-state index in [2.05, 4.69) is 31.9 Å². The van der Waals surface area contributed by atoms with E-state index in [0.29, 0.717) is 6.04 Å². The summed E-state index contributed by atoms with van der Waals surface area (Å²) < 4.78 is 2.40. The SMILES string of the molecule is CSN1CCC(Nc2cc3c(-c4ccc(O)cc4)nccc3cn2)CC1. The molecule has 1 saturated heterocycles. The number of hydrogen-bond donors (Lipinski definition) is 2. The van der Waals surface area contributed by atoms with Crippen LogP contribution in [0.2, 0.25) is 0 Å². The van der Waals surface area contributed by atoms with E-state index in [1.54, 1.807) is 18.3 Å². The van der Waals surface area contributed by atoms with Gasteiger partial charge in [0.25, 0.3) is 0 Å². The predicted molar refractivity (Wildman–Crippen MR) is 108 cm³/mol. The second-order valence-corrected chi connectivity index (χ2v) is 7.41. The summed E-state index contributed by atoms with van der Waals surface area (Å²) in [5, 5.41) is 15.3. The van der Waals surface area contributed by atoms with Crippen LogP contribution in [-0.4, -0.2) is 44.8 Å². The highest BCUT2D eigenvalue weighted by Crippen LogP contribution is 2.29. The average Bonchev–Trinajstić information content (AvgIpc) is 2.69. The van der Waals surface area contributed by atoms with Crippen LogP contribution in [0.25, 0.3) is 22.0 Å². The van der Waals surface area contributed by atoms with E-state index >= 15 is 0 Å². The first kappa shape index (κ1) is 17.1. The van der Waals surface area contributed by atoms with E-state index in [0.717, 1.165) is 53.8 Å². The number of aromatic hydroxyl groups is 1. The molecule has 1 aliphatic heterocycles. The maximum Gasteiger partial charge on any atom is 0.126 e. The minimum absolute atomic E-state index is 0.259. The van der Waals surface area contributed by atoms with Gasteiger partial charge in [-0.05, 0) is 55.5 Å².